The van der Waals surface area contributed by atoms with Gasteiger partial charge in [0.15, 0.2) is 0 Å². The molecule has 1 aliphatic heterocycles. The number of rotatable bonds is 4. The lowest BCUT2D eigenvalue weighted by Crippen LogP contribution is -2.37. The topological polar surface area (TPSA) is 92.6 Å². The second-order valence-corrected chi connectivity index (χ2v) is 9.93. The molecule has 12 heteroatoms. The molecule has 148 valence electrons. The molecule has 1 aliphatic rings. The number of aryl methyl sites for hydroxylation is 1. The Labute approximate surface area is 156 Å². The molecule has 0 saturated carbocycles. The Morgan fingerprint density at radius 2 is 1.59 bits per heavy atom. The van der Waals surface area contributed by atoms with Gasteiger partial charge in [-0.15, -0.1) is 0 Å². The molecule has 1 fully saturated rings. The molecule has 0 N–H and O–H groups in total. The van der Waals surface area contributed by atoms with Gasteiger partial charge in [0.25, 0.3) is 0 Å². The molecule has 0 amide bonds. The molecule has 1 saturated heterocycles. The Morgan fingerprint density at radius 3 is 2.15 bits per heavy atom. The first-order valence-corrected chi connectivity index (χ1v) is 10.9. The number of aromatic nitrogens is 2. The van der Waals surface area contributed by atoms with Crippen molar-refractivity contribution in [2.24, 2.45) is 7.05 Å². The van der Waals surface area contributed by atoms with E-state index in [4.69, 9.17) is 0 Å². The van der Waals surface area contributed by atoms with Crippen LogP contribution in [0.5, 0.6) is 0 Å². The molecule has 1 aromatic carbocycles. The van der Waals surface area contributed by atoms with E-state index in [1.54, 1.807) is 7.05 Å². The fourth-order valence-electron chi connectivity index (χ4n) is 2.86. The van der Waals surface area contributed by atoms with E-state index in [0.717, 1.165) is 16.4 Å². The monoisotopic (exact) mass is 420 g/mol. The summed E-state index contributed by atoms with van der Waals surface area (Å²) < 4.78 is 81.3. The van der Waals surface area contributed by atoms with Crippen molar-refractivity contribution in [1.82, 2.24) is 18.4 Å². The van der Waals surface area contributed by atoms with E-state index in [0.29, 0.717) is 6.07 Å². The molecule has 2 heterocycles. The standard InChI is InChI=1S/C15H18F2N4O4S2/c1-19-11-13(10-18-19)26(22,23)20-5-2-6-21(8-7-20)27(24,25)15-4-3-12(16)9-14(15)17/h3-4,9-11H,2,5-8H2,1H3. The maximum absolute atomic E-state index is 13.9. The summed E-state index contributed by atoms with van der Waals surface area (Å²) >= 11 is 0. The zero-order chi connectivity index (χ0) is 19.8. The van der Waals surface area contributed by atoms with Gasteiger partial charge in [-0.1, -0.05) is 0 Å². The van der Waals surface area contributed by atoms with Crippen LogP contribution >= 0.6 is 0 Å². The van der Waals surface area contributed by atoms with Crippen molar-refractivity contribution in [3.05, 3.63) is 42.2 Å². The summed E-state index contributed by atoms with van der Waals surface area (Å²) in [6.45, 7) is -0.0781. The van der Waals surface area contributed by atoms with Gasteiger partial charge in [-0.25, -0.2) is 25.6 Å². The third-order valence-corrected chi connectivity index (χ3v) is 8.03. The lowest BCUT2D eigenvalue weighted by atomic mass is 10.3. The first-order valence-electron chi connectivity index (χ1n) is 8.06. The lowest BCUT2D eigenvalue weighted by molar-refractivity contribution is 0.402. The molecule has 27 heavy (non-hydrogen) atoms. The number of hydrogen-bond donors (Lipinski definition) is 0. The van der Waals surface area contributed by atoms with E-state index in [1.165, 1.54) is 21.4 Å². The van der Waals surface area contributed by atoms with Gasteiger partial charge < -0.3 is 0 Å². The Morgan fingerprint density at radius 1 is 0.963 bits per heavy atom. The van der Waals surface area contributed by atoms with Crippen LogP contribution in [0.15, 0.2) is 40.4 Å². The van der Waals surface area contributed by atoms with E-state index in [2.05, 4.69) is 5.10 Å². The molecule has 0 aliphatic carbocycles. The molecule has 0 spiro atoms. The fourth-order valence-corrected chi connectivity index (χ4v) is 5.83. The minimum atomic E-state index is -4.21. The SMILES string of the molecule is Cn1cc(S(=O)(=O)N2CCCN(S(=O)(=O)c3ccc(F)cc3F)CC2)cn1. The summed E-state index contributed by atoms with van der Waals surface area (Å²) in [5, 5.41) is 3.84. The first-order chi connectivity index (χ1) is 12.6. The van der Waals surface area contributed by atoms with Crippen LogP contribution in [-0.4, -0.2) is 61.4 Å². The summed E-state index contributed by atoms with van der Waals surface area (Å²) in [4.78, 5) is -0.613. The minimum absolute atomic E-state index is 0.0193. The van der Waals surface area contributed by atoms with E-state index in [1.807, 2.05) is 0 Å². The number of sulfonamides is 2. The van der Waals surface area contributed by atoms with Gasteiger partial charge in [0.05, 0.1) is 6.20 Å². The smallest absolute Gasteiger partial charge is 0.246 e. The van der Waals surface area contributed by atoms with Gasteiger partial charge in [-0.3, -0.25) is 4.68 Å². The summed E-state index contributed by atoms with van der Waals surface area (Å²) in [6.07, 6.45) is 2.83. The summed E-state index contributed by atoms with van der Waals surface area (Å²) in [5.41, 5.74) is 0. The van der Waals surface area contributed by atoms with Gasteiger partial charge in [0.1, 0.15) is 21.4 Å². The van der Waals surface area contributed by atoms with E-state index < -0.39 is 36.6 Å². The highest BCUT2D eigenvalue weighted by Gasteiger charge is 2.33. The van der Waals surface area contributed by atoms with Gasteiger partial charge in [0, 0.05) is 45.5 Å². The van der Waals surface area contributed by atoms with E-state index >= 15 is 0 Å². The molecule has 0 bridgehead atoms. The van der Waals surface area contributed by atoms with E-state index in [9.17, 15) is 25.6 Å². The highest BCUT2D eigenvalue weighted by atomic mass is 32.2. The van der Waals surface area contributed by atoms with Crippen molar-refractivity contribution in [2.75, 3.05) is 26.2 Å². The first kappa shape index (κ1) is 19.9. The molecule has 8 nitrogen and oxygen atoms in total. The zero-order valence-electron chi connectivity index (χ0n) is 14.4. The van der Waals surface area contributed by atoms with Crippen LogP contribution < -0.4 is 0 Å². The van der Waals surface area contributed by atoms with Crippen LogP contribution in [0.3, 0.4) is 0 Å². The second-order valence-electron chi connectivity index (χ2n) is 6.09. The predicted octanol–water partition coefficient (Wildman–Crippen LogP) is 0.784. The Kier molecular flexibility index (Phi) is 5.34. The van der Waals surface area contributed by atoms with Crippen LogP contribution in [-0.2, 0) is 27.1 Å². The largest absolute Gasteiger partial charge is 0.274 e. The highest BCUT2D eigenvalue weighted by molar-refractivity contribution is 7.89. The Hall–Kier alpha value is -1.89. The normalized spacial score (nSPS) is 17.7. The molecule has 0 atom stereocenters. The number of hydrogen-bond acceptors (Lipinski definition) is 5. The lowest BCUT2D eigenvalue weighted by Gasteiger charge is -2.21. The zero-order valence-corrected chi connectivity index (χ0v) is 16.0. The third-order valence-electron chi connectivity index (χ3n) is 4.24. The molecule has 3 rings (SSSR count). The summed E-state index contributed by atoms with van der Waals surface area (Å²) in [7, 11) is -6.43. The Bertz CT molecular complexity index is 1050. The molecule has 0 unspecified atom stereocenters. The van der Waals surface area contributed by atoms with Crippen molar-refractivity contribution in [2.45, 2.75) is 16.2 Å². The highest BCUT2D eigenvalue weighted by Crippen LogP contribution is 2.23. The quantitative estimate of drug-likeness (QED) is 0.729. The second kappa shape index (κ2) is 7.26. The predicted molar refractivity (Wildman–Crippen MR) is 91.7 cm³/mol. The van der Waals surface area contributed by atoms with Crippen molar-refractivity contribution < 1.29 is 25.6 Å². The maximum Gasteiger partial charge on any atom is 0.246 e. The van der Waals surface area contributed by atoms with Crippen molar-refractivity contribution in [1.29, 1.82) is 0 Å². The summed E-state index contributed by atoms with van der Waals surface area (Å²) in [6, 6.07) is 2.24. The van der Waals surface area contributed by atoms with Gasteiger partial charge in [-0.2, -0.15) is 13.7 Å². The van der Waals surface area contributed by atoms with Crippen LogP contribution in [0.25, 0.3) is 0 Å². The van der Waals surface area contributed by atoms with Crippen molar-refractivity contribution in [3.63, 3.8) is 0 Å². The van der Waals surface area contributed by atoms with E-state index in [-0.39, 0.29) is 37.5 Å². The van der Waals surface area contributed by atoms with Gasteiger partial charge >= 0.3 is 0 Å². The van der Waals surface area contributed by atoms with Gasteiger partial charge in [-0.05, 0) is 18.6 Å². The Balaban J connectivity index is 1.82. The number of halogens is 2. The number of benzene rings is 1. The molecular weight excluding hydrogens is 402 g/mol. The summed E-state index contributed by atoms with van der Waals surface area (Å²) in [5.74, 6) is -2.06. The van der Waals surface area contributed by atoms with Crippen LogP contribution in [0.2, 0.25) is 0 Å². The maximum atomic E-state index is 13.9. The minimum Gasteiger partial charge on any atom is -0.274 e. The number of nitrogens with zero attached hydrogens (tertiary/aromatic N) is 4. The van der Waals surface area contributed by atoms with Gasteiger partial charge in [0.2, 0.25) is 20.0 Å². The molecule has 1 aromatic heterocycles. The van der Waals surface area contributed by atoms with Crippen molar-refractivity contribution in [3.8, 4) is 0 Å². The molecule has 2 aromatic rings. The van der Waals surface area contributed by atoms with Crippen molar-refractivity contribution >= 4 is 20.0 Å². The average molecular weight is 420 g/mol. The molecular formula is C15H18F2N4O4S2. The van der Waals surface area contributed by atoms with Crippen LogP contribution in [0, 0.1) is 11.6 Å². The third kappa shape index (κ3) is 3.88. The van der Waals surface area contributed by atoms with Crippen LogP contribution in [0.1, 0.15) is 6.42 Å². The average Bonchev–Trinajstić information content (AvgIpc) is 2.87. The van der Waals surface area contributed by atoms with Crippen LogP contribution in [0.4, 0.5) is 8.78 Å². The molecule has 0 radical (unpaired) electrons. The fraction of sp³-hybridized carbons (Fsp3) is 0.400.